The smallest absolute Gasteiger partial charge is 0.488 e. The molecule has 0 unspecified atom stereocenters. The zero-order chi connectivity index (χ0) is 23.9. The minimum atomic E-state index is -0.380. The van der Waals surface area contributed by atoms with Gasteiger partial charge >= 0.3 is 7.12 Å². The molecule has 1 atom stereocenters. The first-order valence-corrected chi connectivity index (χ1v) is 12.5. The van der Waals surface area contributed by atoms with E-state index < -0.39 is 0 Å². The zero-order valence-electron chi connectivity index (χ0n) is 20.6. The lowest BCUT2D eigenvalue weighted by Crippen LogP contribution is -2.41. The highest BCUT2D eigenvalue weighted by molar-refractivity contribution is 6.62. The molecule has 2 fully saturated rings. The van der Waals surface area contributed by atoms with Gasteiger partial charge in [0.2, 0.25) is 0 Å². The molecule has 6 nitrogen and oxygen atoms in total. The second-order valence-corrected chi connectivity index (χ2v) is 10.9. The summed E-state index contributed by atoms with van der Waals surface area (Å²) >= 11 is 0. The third-order valence-electron chi connectivity index (χ3n) is 8.15. The molecule has 4 heterocycles. The molecular formula is C28H29BN2O4. The van der Waals surface area contributed by atoms with Gasteiger partial charge in [-0.15, -0.1) is 0 Å². The van der Waals surface area contributed by atoms with Crippen LogP contribution in [0.2, 0.25) is 0 Å². The molecule has 3 aliphatic heterocycles. The molecule has 35 heavy (non-hydrogen) atoms. The maximum atomic E-state index is 6.27. The van der Waals surface area contributed by atoms with Gasteiger partial charge in [-0.05, 0) is 80.7 Å². The van der Waals surface area contributed by atoms with Gasteiger partial charge in [-0.25, -0.2) is 4.98 Å². The van der Waals surface area contributed by atoms with Crippen molar-refractivity contribution in [3.63, 3.8) is 0 Å². The number of fused-ring (bicyclic) bond motifs is 6. The van der Waals surface area contributed by atoms with E-state index in [1.807, 2.05) is 0 Å². The van der Waals surface area contributed by atoms with Crippen LogP contribution in [-0.2, 0) is 20.7 Å². The molecule has 3 aliphatic rings. The maximum Gasteiger partial charge on any atom is 0.494 e. The van der Waals surface area contributed by atoms with Crippen LogP contribution in [0.15, 0.2) is 42.5 Å². The van der Waals surface area contributed by atoms with Crippen LogP contribution in [-0.4, -0.2) is 34.9 Å². The third kappa shape index (κ3) is 3.25. The van der Waals surface area contributed by atoms with Gasteiger partial charge in [0, 0.05) is 17.6 Å². The fraction of sp³-hybridized carbons (Fsp3) is 0.393. The highest BCUT2D eigenvalue weighted by Crippen LogP contribution is 2.42. The van der Waals surface area contributed by atoms with Crippen molar-refractivity contribution >= 4 is 34.4 Å². The lowest BCUT2D eigenvalue weighted by molar-refractivity contribution is 0.00578. The number of aromatic nitrogens is 2. The van der Waals surface area contributed by atoms with Crippen molar-refractivity contribution in [2.75, 3.05) is 6.61 Å². The van der Waals surface area contributed by atoms with E-state index in [4.69, 9.17) is 23.8 Å². The fourth-order valence-corrected chi connectivity index (χ4v) is 5.40. The molecule has 1 N–H and O–H groups in total. The number of ether oxygens (including phenoxy) is 2. The zero-order valence-corrected chi connectivity index (χ0v) is 20.6. The minimum absolute atomic E-state index is 0.0661. The van der Waals surface area contributed by atoms with E-state index in [-0.39, 0.29) is 24.4 Å². The normalized spacial score (nSPS) is 22.4. The lowest BCUT2D eigenvalue weighted by Gasteiger charge is -2.32. The molecule has 2 saturated heterocycles. The Hall–Kier alpha value is -2.87. The average molecular weight is 468 g/mol. The molecule has 0 saturated carbocycles. The van der Waals surface area contributed by atoms with Crippen molar-refractivity contribution in [3.8, 4) is 16.9 Å². The first-order valence-electron chi connectivity index (χ1n) is 12.5. The molecule has 7 heteroatoms. The van der Waals surface area contributed by atoms with Crippen LogP contribution in [0.3, 0.4) is 0 Å². The van der Waals surface area contributed by atoms with Crippen molar-refractivity contribution < 1.29 is 18.8 Å². The Balaban J connectivity index is 1.28. The number of nitrogens with one attached hydrogen (secondary N) is 1. The summed E-state index contributed by atoms with van der Waals surface area (Å²) in [5.41, 5.74) is 5.74. The first-order chi connectivity index (χ1) is 16.8. The summed E-state index contributed by atoms with van der Waals surface area (Å²) in [4.78, 5) is 8.40. The van der Waals surface area contributed by atoms with Gasteiger partial charge in [0.05, 0.1) is 22.2 Å². The molecular weight excluding hydrogens is 439 g/mol. The largest absolute Gasteiger partial charge is 0.494 e. The van der Waals surface area contributed by atoms with Crippen LogP contribution >= 0.6 is 0 Å². The summed E-state index contributed by atoms with van der Waals surface area (Å²) < 4.78 is 24.6. The van der Waals surface area contributed by atoms with Crippen LogP contribution in [0.4, 0.5) is 0 Å². The predicted octanol–water partition coefficient (Wildman–Crippen LogP) is 5.43. The minimum Gasteiger partial charge on any atom is -0.488 e. The van der Waals surface area contributed by atoms with Crippen molar-refractivity contribution in [2.45, 2.75) is 64.4 Å². The third-order valence-corrected chi connectivity index (χ3v) is 8.15. The first kappa shape index (κ1) is 21.4. The van der Waals surface area contributed by atoms with E-state index in [1.165, 1.54) is 5.56 Å². The van der Waals surface area contributed by atoms with Gasteiger partial charge in [0.1, 0.15) is 24.3 Å². The standard InChI is InChI=1S/C28H29BN2O4/c1-27(2)28(3,4)35-29(34-27)18-8-9-19-17(12-18)15-33-24-14-20-16(13-21(19)24)7-10-22-25(20)31-26(30-22)23-6-5-11-32-23/h7-10,12-14,23H,5-6,11,15H2,1-4H3,(H,30,31)/t23-/m0/s1. The highest BCUT2D eigenvalue weighted by atomic mass is 16.7. The van der Waals surface area contributed by atoms with Gasteiger partial charge in [-0.3, -0.25) is 0 Å². The van der Waals surface area contributed by atoms with E-state index in [0.717, 1.165) is 69.4 Å². The van der Waals surface area contributed by atoms with Gasteiger partial charge in [-0.2, -0.15) is 0 Å². The van der Waals surface area contributed by atoms with Crippen molar-refractivity contribution in [1.29, 1.82) is 0 Å². The number of H-pyrrole nitrogens is 1. The summed E-state index contributed by atoms with van der Waals surface area (Å²) in [6.45, 7) is 9.64. The Morgan fingerprint density at radius 2 is 1.80 bits per heavy atom. The molecule has 178 valence electrons. The second kappa shape index (κ2) is 7.32. The Morgan fingerprint density at radius 1 is 0.971 bits per heavy atom. The number of aromatic amines is 1. The van der Waals surface area contributed by atoms with Crippen LogP contribution in [0.5, 0.6) is 5.75 Å². The molecule has 0 spiro atoms. The summed E-state index contributed by atoms with van der Waals surface area (Å²) in [6, 6.07) is 15.1. The lowest BCUT2D eigenvalue weighted by atomic mass is 9.77. The molecule has 0 bridgehead atoms. The predicted molar refractivity (Wildman–Crippen MR) is 137 cm³/mol. The summed E-state index contributed by atoms with van der Waals surface area (Å²) in [5, 5.41) is 2.24. The summed E-state index contributed by atoms with van der Waals surface area (Å²) in [6.07, 6.45) is 2.16. The highest BCUT2D eigenvalue weighted by Gasteiger charge is 2.51. The van der Waals surface area contributed by atoms with Crippen molar-refractivity contribution in [3.05, 3.63) is 53.9 Å². The van der Waals surface area contributed by atoms with Crippen molar-refractivity contribution in [1.82, 2.24) is 9.97 Å². The van der Waals surface area contributed by atoms with Crippen LogP contribution < -0.4 is 10.2 Å². The Kier molecular flexibility index (Phi) is 4.48. The van der Waals surface area contributed by atoms with Gasteiger partial charge < -0.3 is 23.8 Å². The second-order valence-electron chi connectivity index (χ2n) is 10.9. The number of imidazole rings is 1. The van der Waals surface area contributed by atoms with E-state index in [9.17, 15) is 0 Å². The van der Waals surface area contributed by atoms with Crippen LogP contribution in [0, 0.1) is 0 Å². The number of hydrogen-bond acceptors (Lipinski definition) is 5. The Labute approximate surface area is 205 Å². The van der Waals surface area contributed by atoms with Crippen molar-refractivity contribution in [2.24, 2.45) is 0 Å². The Morgan fingerprint density at radius 3 is 2.57 bits per heavy atom. The fourth-order valence-electron chi connectivity index (χ4n) is 5.40. The quantitative estimate of drug-likeness (QED) is 0.398. The molecule has 0 amide bonds. The van der Waals surface area contributed by atoms with Gasteiger partial charge in [-0.1, -0.05) is 24.3 Å². The number of hydrogen-bond donors (Lipinski definition) is 1. The monoisotopic (exact) mass is 468 g/mol. The molecule has 0 radical (unpaired) electrons. The molecule has 0 aliphatic carbocycles. The van der Waals surface area contributed by atoms with E-state index >= 15 is 0 Å². The number of benzene rings is 3. The summed E-state index contributed by atoms with van der Waals surface area (Å²) in [5.74, 6) is 1.81. The molecule has 3 aromatic carbocycles. The number of nitrogens with zero attached hydrogens (tertiary/aromatic N) is 1. The van der Waals surface area contributed by atoms with E-state index in [1.54, 1.807) is 0 Å². The average Bonchev–Trinajstić information content (AvgIpc) is 3.55. The summed E-state index contributed by atoms with van der Waals surface area (Å²) in [7, 11) is -0.380. The topological polar surface area (TPSA) is 65.6 Å². The maximum absolute atomic E-state index is 6.27. The van der Waals surface area contributed by atoms with E-state index in [2.05, 4.69) is 75.1 Å². The van der Waals surface area contributed by atoms with Gasteiger partial charge in [0.25, 0.3) is 0 Å². The molecule has 7 rings (SSSR count). The Bertz CT molecular complexity index is 1470. The van der Waals surface area contributed by atoms with Crippen LogP contribution in [0.25, 0.3) is 32.9 Å². The SMILES string of the molecule is CC1(C)OB(c2ccc3c(c2)COc2cc4c(ccc5[nH]c([C@@H]6CCCO6)nc54)cc2-3)OC1(C)C. The van der Waals surface area contributed by atoms with Gasteiger partial charge in [0.15, 0.2) is 0 Å². The molecule has 4 aromatic rings. The number of rotatable bonds is 2. The molecule has 1 aromatic heterocycles. The van der Waals surface area contributed by atoms with E-state index in [0.29, 0.717) is 6.61 Å². The van der Waals surface area contributed by atoms with Crippen LogP contribution in [0.1, 0.15) is 58.0 Å².